The van der Waals surface area contributed by atoms with Crippen LogP contribution in [-0.2, 0) is 63.8 Å². The molecule has 0 aromatic heterocycles. The van der Waals surface area contributed by atoms with Crippen molar-refractivity contribution in [2.24, 2.45) is 35.5 Å². The Labute approximate surface area is 467 Å². The number of ketones is 1. The van der Waals surface area contributed by atoms with E-state index in [1.807, 2.05) is 41.5 Å². The number of carbonyl (C=O) groups is 10. The minimum absolute atomic E-state index is 0.0974. The zero-order valence-corrected chi connectivity index (χ0v) is 49.4. The van der Waals surface area contributed by atoms with E-state index in [4.69, 9.17) is 14.2 Å². The topological polar surface area (TPSA) is 268 Å². The van der Waals surface area contributed by atoms with Crippen molar-refractivity contribution < 1.29 is 67.3 Å². The molecule has 0 bridgehead atoms. The van der Waals surface area contributed by atoms with Gasteiger partial charge in [0, 0.05) is 39.6 Å². The highest BCUT2D eigenvalue weighted by molar-refractivity contribution is 6.05. The fraction of sp³-hybridized carbons (Fsp3) is 0.724. The first-order chi connectivity index (χ1) is 37.0. The van der Waals surface area contributed by atoms with Crippen LogP contribution in [0.1, 0.15) is 140 Å². The molecule has 0 radical (unpaired) electrons. The Morgan fingerprint density at radius 3 is 2.05 bits per heavy atom. The lowest BCUT2D eigenvalue weighted by atomic mass is 9.86. The van der Waals surface area contributed by atoms with E-state index in [2.05, 4.69) is 16.0 Å². The molecule has 0 saturated carbocycles. The molecule has 0 spiro atoms. The van der Waals surface area contributed by atoms with E-state index < -0.39 is 137 Å². The Kier molecular flexibility index (Phi) is 24.3. The SMILES string of the molecule is CC[C@H](C)[C@H]1NC(=O)[C@@H](NC(=O)[C@H](CC(C)C)N(C)C(=O)C2CCCN2C(=O)[C@H](C)O)[C@@H](C)OC(=O)[C@H](Cc2ccc(OC)cc2)N(C)C(=O)[C@@H]2CCCN2C(=O)[C@H](CC(C)C)NC(=O)[C@@H](C)C(=O)[C@H](C(C)C)OC(=O)C[C@@H]1C. The monoisotopic (exact) mass is 1110 g/mol. The lowest BCUT2D eigenvalue weighted by molar-refractivity contribution is -0.162. The molecule has 21 nitrogen and oxygen atoms in total. The summed E-state index contributed by atoms with van der Waals surface area (Å²) >= 11 is 0. The number of Topliss-reactive ketones (excluding diaryl/α,β-unsaturated/α-hetero) is 1. The van der Waals surface area contributed by atoms with Crippen LogP contribution >= 0.6 is 0 Å². The molecule has 442 valence electrons. The minimum atomic E-state index is -1.65. The zero-order chi connectivity index (χ0) is 59.3. The van der Waals surface area contributed by atoms with Crippen LogP contribution in [0.2, 0.25) is 0 Å². The van der Waals surface area contributed by atoms with Gasteiger partial charge in [0.05, 0.1) is 19.4 Å². The summed E-state index contributed by atoms with van der Waals surface area (Å²) in [4.78, 5) is 149. The van der Waals surface area contributed by atoms with Crippen molar-refractivity contribution in [2.75, 3.05) is 34.3 Å². The van der Waals surface area contributed by atoms with Crippen molar-refractivity contribution in [1.82, 2.24) is 35.6 Å². The first-order valence-electron chi connectivity index (χ1n) is 28.3. The van der Waals surface area contributed by atoms with Crippen LogP contribution in [0.5, 0.6) is 5.75 Å². The molecule has 4 N–H and O–H groups in total. The number of nitrogens with one attached hydrogen (secondary N) is 3. The first-order valence-corrected chi connectivity index (χ1v) is 28.3. The number of amides is 7. The molecular formula is C58H91N7O14. The molecule has 3 aliphatic rings. The molecule has 3 saturated heterocycles. The van der Waals surface area contributed by atoms with Crippen molar-refractivity contribution in [2.45, 2.75) is 201 Å². The second-order valence-electron chi connectivity index (χ2n) is 23.4. The van der Waals surface area contributed by atoms with Gasteiger partial charge in [0.1, 0.15) is 54.2 Å². The van der Waals surface area contributed by atoms with E-state index in [0.717, 1.165) is 0 Å². The predicted octanol–water partition coefficient (Wildman–Crippen LogP) is 3.59. The molecule has 1 aromatic carbocycles. The zero-order valence-electron chi connectivity index (χ0n) is 49.4. The van der Waals surface area contributed by atoms with Crippen molar-refractivity contribution >= 4 is 59.1 Å². The Bertz CT molecular complexity index is 2330. The molecular weight excluding hydrogens is 1020 g/mol. The van der Waals surface area contributed by atoms with Gasteiger partial charge in [-0.25, -0.2) is 4.79 Å². The number of aliphatic hydroxyl groups is 1. The number of aliphatic hydroxyl groups excluding tert-OH is 1. The lowest BCUT2D eigenvalue weighted by Gasteiger charge is -2.36. The Morgan fingerprint density at radius 1 is 0.848 bits per heavy atom. The summed E-state index contributed by atoms with van der Waals surface area (Å²) in [5, 5.41) is 18.8. The summed E-state index contributed by atoms with van der Waals surface area (Å²) in [6, 6.07) is -1.37. The normalized spacial score (nSPS) is 27.7. The largest absolute Gasteiger partial charge is 0.497 e. The van der Waals surface area contributed by atoms with E-state index in [1.165, 1.54) is 61.6 Å². The Morgan fingerprint density at radius 2 is 1.48 bits per heavy atom. The summed E-state index contributed by atoms with van der Waals surface area (Å²) in [5.74, 6) is -9.69. The highest BCUT2D eigenvalue weighted by Crippen LogP contribution is 2.28. The average molecular weight is 1110 g/mol. The van der Waals surface area contributed by atoms with E-state index in [9.17, 15) is 48.3 Å². The first kappa shape index (κ1) is 65.4. The Hall–Kier alpha value is -6.12. The number of likely N-dealkylation sites (N-methyl/N-ethyl adjacent to an activating group) is 2. The summed E-state index contributed by atoms with van der Waals surface area (Å²) in [7, 11) is 4.37. The number of rotatable bonds is 15. The van der Waals surface area contributed by atoms with Gasteiger partial charge in [0.15, 0.2) is 11.9 Å². The molecule has 13 atom stereocenters. The molecule has 3 aliphatic heterocycles. The van der Waals surface area contributed by atoms with Gasteiger partial charge in [0.2, 0.25) is 35.4 Å². The van der Waals surface area contributed by atoms with Crippen LogP contribution in [0, 0.1) is 35.5 Å². The molecule has 1 aromatic rings. The van der Waals surface area contributed by atoms with Gasteiger partial charge in [-0.3, -0.25) is 43.2 Å². The smallest absolute Gasteiger partial charge is 0.329 e. The van der Waals surface area contributed by atoms with Gasteiger partial charge in [-0.2, -0.15) is 0 Å². The number of ether oxygens (including phenoxy) is 3. The molecule has 21 heteroatoms. The quantitative estimate of drug-likeness (QED) is 0.145. The summed E-state index contributed by atoms with van der Waals surface area (Å²) in [5.41, 5.74) is 0.599. The highest BCUT2D eigenvalue weighted by atomic mass is 16.6. The number of cyclic esters (lactones) is 2. The number of carbonyl (C=O) groups excluding carboxylic acids is 10. The molecule has 3 heterocycles. The number of benzene rings is 1. The summed E-state index contributed by atoms with van der Waals surface area (Å²) in [6.07, 6.45) is -2.34. The van der Waals surface area contributed by atoms with Gasteiger partial charge in [0.25, 0.3) is 5.91 Å². The van der Waals surface area contributed by atoms with E-state index in [1.54, 1.807) is 45.0 Å². The maximum Gasteiger partial charge on any atom is 0.329 e. The number of hydrogen-bond donors (Lipinski definition) is 4. The third kappa shape index (κ3) is 17.0. The number of likely N-dealkylation sites (tertiary alicyclic amines) is 1. The third-order valence-corrected chi connectivity index (χ3v) is 15.8. The van der Waals surface area contributed by atoms with Crippen LogP contribution in [0.3, 0.4) is 0 Å². The number of methoxy groups -OCH3 is 1. The van der Waals surface area contributed by atoms with Crippen LogP contribution in [0.15, 0.2) is 24.3 Å². The number of fused-ring (bicyclic) bond motifs is 1. The van der Waals surface area contributed by atoms with Gasteiger partial charge < -0.3 is 54.9 Å². The van der Waals surface area contributed by atoms with Gasteiger partial charge in [-0.05, 0) is 107 Å². The number of esters is 2. The van der Waals surface area contributed by atoms with Crippen molar-refractivity contribution in [3.8, 4) is 5.75 Å². The van der Waals surface area contributed by atoms with Crippen LogP contribution in [-0.4, -0.2) is 179 Å². The summed E-state index contributed by atoms with van der Waals surface area (Å²) < 4.78 is 17.5. The fourth-order valence-corrected chi connectivity index (χ4v) is 10.8. The summed E-state index contributed by atoms with van der Waals surface area (Å²) in [6.45, 7) is 20.8. The molecule has 7 amide bonds. The second kappa shape index (κ2) is 29.4. The van der Waals surface area contributed by atoms with Gasteiger partial charge >= 0.3 is 11.9 Å². The van der Waals surface area contributed by atoms with E-state index in [-0.39, 0.29) is 62.9 Å². The maximum atomic E-state index is 15.1. The average Bonchev–Trinajstić information content (AvgIpc) is 4.13. The van der Waals surface area contributed by atoms with Crippen LogP contribution in [0.25, 0.3) is 0 Å². The van der Waals surface area contributed by atoms with E-state index >= 15 is 4.79 Å². The second-order valence-corrected chi connectivity index (χ2v) is 23.4. The van der Waals surface area contributed by atoms with Crippen LogP contribution < -0.4 is 20.7 Å². The Balaban J connectivity index is 1.89. The molecule has 79 heavy (non-hydrogen) atoms. The van der Waals surface area contributed by atoms with E-state index in [0.29, 0.717) is 37.0 Å². The molecule has 3 fully saturated rings. The minimum Gasteiger partial charge on any atom is -0.497 e. The van der Waals surface area contributed by atoms with Crippen molar-refractivity contribution in [3.05, 3.63) is 29.8 Å². The third-order valence-electron chi connectivity index (χ3n) is 15.8. The van der Waals surface area contributed by atoms with Gasteiger partial charge in [-0.15, -0.1) is 0 Å². The standard InChI is InChI=1S/C58H91N7O14/c1-16-34(8)47-35(9)29-46(67)79-50(33(6)7)49(68)36(10)51(69)59-41(27-31(2)3)55(73)65-26-18-20-43(65)57(75)63(14)45(30-39-21-23-40(77-15)24-22-39)58(76)78-38(12)48(53(71)60-47)61-52(70)44(28-32(4)5)62(13)56(74)42-19-17-25-64(42)54(72)37(11)66/h21-24,31-38,41-45,47-48,50,66H,16-20,25-30H2,1-15H3,(H,59,69)(H,60,71)(H,61,70)/t34-,35-,36-,37-,38+,41-,42?,43-,44-,45-,47+,48-,50-/m0/s1. The lowest BCUT2D eigenvalue weighted by Crippen LogP contribution is -2.61. The van der Waals surface area contributed by atoms with Crippen molar-refractivity contribution in [3.63, 3.8) is 0 Å². The van der Waals surface area contributed by atoms with Crippen molar-refractivity contribution in [1.29, 1.82) is 0 Å². The molecule has 0 aliphatic carbocycles. The molecule has 1 unspecified atom stereocenters. The highest BCUT2D eigenvalue weighted by Gasteiger charge is 2.46. The van der Waals surface area contributed by atoms with Crippen LogP contribution in [0.4, 0.5) is 0 Å². The van der Waals surface area contributed by atoms with Gasteiger partial charge in [-0.1, -0.05) is 80.9 Å². The number of nitrogens with zero attached hydrogens (tertiary/aromatic N) is 4. The number of hydrogen-bond acceptors (Lipinski definition) is 14. The maximum absolute atomic E-state index is 15.1. The molecule has 4 rings (SSSR count). The predicted molar refractivity (Wildman–Crippen MR) is 293 cm³/mol. The fourth-order valence-electron chi connectivity index (χ4n) is 10.8.